The molecule has 0 unspecified atom stereocenters. The molecule has 0 bridgehead atoms. The molecule has 0 amide bonds. The Morgan fingerprint density at radius 2 is 1.80 bits per heavy atom. The smallest absolute Gasteiger partial charge is 0.254 e. The van der Waals surface area contributed by atoms with Gasteiger partial charge in [-0.3, -0.25) is 9.89 Å². The molecule has 8 heteroatoms. The highest BCUT2D eigenvalue weighted by Crippen LogP contribution is 2.35. The Morgan fingerprint density at radius 3 is 2.64 bits per heavy atom. The molecule has 0 aromatic rings. The van der Waals surface area contributed by atoms with Gasteiger partial charge in [0.2, 0.25) is 5.96 Å². The van der Waals surface area contributed by atoms with Gasteiger partial charge in [0.05, 0.1) is 25.4 Å². The topological polar surface area (TPSA) is 70.3 Å². The minimum Gasteiger partial charge on any atom is -0.395 e. The van der Waals surface area contributed by atoms with Crippen molar-refractivity contribution < 1.29 is 5.11 Å². The number of fused-ring (bicyclic) bond motifs is 1. The van der Waals surface area contributed by atoms with Gasteiger partial charge in [0.1, 0.15) is 0 Å². The maximum absolute atomic E-state index is 9.13. The molecule has 4 aliphatic heterocycles. The van der Waals surface area contributed by atoms with Crippen LogP contribution in [0.4, 0.5) is 0 Å². The zero-order valence-electron chi connectivity index (χ0n) is 14.6. The quantitative estimate of drug-likeness (QED) is 0.770. The molecule has 5 rings (SSSR count). The van der Waals surface area contributed by atoms with E-state index in [2.05, 4.69) is 19.8 Å². The van der Waals surface area contributed by atoms with Crippen LogP contribution in [0.1, 0.15) is 25.7 Å². The van der Waals surface area contributed by atoms with Crippen molar-refractivity contribution in [3.05, 3.63) is 11.3 Å². The summed E-state index contributed by atoms with van der Waals surface area (Å²) in [5.41, 5.74) is 2.54. The summed E-state index contributed by atoms with van der Waals surface area (Å²) < 4.78 is 0. The molecule has 1 aliphatic carbocycles. The number of β-amino-alcohol motifs (C(OH)–C–C–N with tert-alkyl or cyclic N) is 1. The first kappa shape index (κ1) is 15.3. The number of aliphatic hydroxyl groups is 1. The number of hydrogen-bond donors (Lipinski definition) is 1. The molecular formula is C17H25N7O. The average molecular weight is 343 g/mol. The predicted molar refractivity (Wildman–Crippen MR) is 96.3 cm³/mol. The summed E-state index contributed by atoms with van der Waals surface area (Å²) >= 11 is 0. The Labute approximate surface area is 147 Å². The van der Waals surface area contributed by atoms with Gasteiger partial charge in [0.15, 0.2) is 5.84 Å². The van der Waals surface area contributed by atoms with E-state index in [1.807, 2.05) is 0 Å². The van der Waals surface area contributed by atoms with Gasteiger partial charge in [-0.25, -0.2) is 10.0 Å². The highest BCUT2D eigenvalue weighted by atomic mass is 16.3. The summed E-state index contributed by atoms with van der Waals surface area (Å²) in [4.78, 5) is 19.3. The number of guanidine groups is 2. The molecular weight excluding hydrogens is 318 g/mol. The lowest BCUT2D eigenvalue weighted by Crippen LogP contribution is -2.58. The molecule has 8 nitrogen and oxygen atoms in total. The fourth-order valence-corrected chi connectivity index (χ4v) is 4.34. The lowest BCUT2D eigenvalue weighted by Gasteiger charge is -2.42. The number of piperazine rings is 1. The third kappa shape index (κ3) is 2.46. The largest absolute Gasteiger partial charge is 0.395 e. The maximum Gasteiger partial charge on any atom is 0.254 e. The van der Waals surface area contributed by atoms with Crippen molar-refractivity contribution in [2.45, 2.75) is 25.7 Å². The number of aliphatic imine (C=N–C) groups is 3. The zero-order chi connectivity index (χ0) is 16.8. The fourth-order valence-electron chi connectivity index (χ4n) is 4.34. The predicted octanol–water partition coefficient (Wildman–Crippen LogP) is 0.0947. The lowest BCUT2D eigenvalue weighted by molar-refractivity contribution is 0.126. The molecule has 1 fully saturated rings. The molecule has 25 heavy (non-hydrogen) atoms. The molecule has 5 aliphatic rings. The van der Waals surface area contributed by atoms with Crippen LogP contribution < -0.4 is 0 Å². The van der Waals surface area contributed by atoms with Crippen molar-refractivity contribution in [2.75, 3.05) is 52.4 Å². The van der Waals surface area contributed by atoms with Crippen molar-refractivity contribution in [1.29, 1.82) is 0 Å². The first-order chi connectivity index (χ1) is 12.3. The monoisotopic (exact) mass is 343 g/mol. The van der Waals surface area contributed by atoms with E-state index in [0.717, 1.165) is 76.4 Å². The van der Waals surface area contributed by atoms with E-state index < -0.39 is 0 Å². The van der Waals surface area contributed by atoms with Crippen molar-refractivity contribution in [3.63, 3.8) is 0 Å². The summed E-state index contributed by atoms with van der Waals surface area (Å²) in [6.45, 7) is 6.49. The van der Waals surface area contributed by atoms with Crippen LogP contribution in [0.25, 0.3) is 0 Å². The Kier molecular flexibility index (Phi) is 3.74. The van der Waals surface area contributed by atoms with Gasteiger partial charge < -0.3 is 10.0 Å². The number of amidine groups is 1. The highest BCUT2D eigenvalue weighted by molar-refractivity contribution is 6.17. The number of rotatable bonds is 2. The molecule has 0 aromatic heterocycles. The van der Waals surface area contributed by atoms with Crippen LogP contribution in [0, 0.1) is 0 Å². The highest BCUT2D eigenvalue weighted by Gasteiger charge is 2.43. The normalized spacial score (nSPS) is 26.3. The summed E-state index contributed by atoms with van der Waals surface area (Å²) in [5.74, 6) is 2.91. The number of hydrogen-bond acceptors (Lipinski definition) is 8. The van der Waals surface area contributed by atoms with Crippen LogP contribution in [0.5, 0.6) is 0 Å². The fraction of sp³-hybridized carbons (Fsp3) is 0.706. The van der Waals surface area contributed by atoms with Crippen LogP contribution in [0.15, 0.2) is 26.2 Å². The standard InChI is InChI=1S/C17H25N7O/c25-12-11-21-7-9-22(10-8-21)17-20-16-19-14-4-2-1-3-13(14)15-18-5-6-23(17)24(15)16/h25H,1-12H2. The van der Waals surface area contributed by atoms with Crippen LogP contribution in [-0.2, 0) is 0 Å². The summed E-state index contributed by atoms with van der Waals surface area (Å²) in [6, 6.07) is 0. The Morgan fingerprint density at radius 1 is 0.960 bits per heavy atom. The van der Waals surface area contributed by atoms with Crippen LogP contribution in [0.3, 0.4) is 0 Å². The number of nitrogens with zero attached hydrogens (tertiary/aromatic N) is 7. The van der Waals surface area contributed by atoms with Gasteiger partial charge in [-0.05, 0) is 25.7 Å². The van der Waals surface area contributed by atoms with Crippen molar-refractivity contribution in [1.82, 2.24) is 19.8 Å². The number of allylic oxidation sites excluding steroid dienone is 1. The number of hydrazine groups is 1. The van der Waals surface area contributed by atoms with Gasteiger partial charge in [0.25, 0.3) is 5.96 Å². The third-order valence-electron chi connectivity index (χ3n) is 5.65. The first-order valence-electron chi connectivity index (χ1n) is 9.45. The SMILES string of the molecule is OCCN1CCN(C2=NC3=NC4=C(CCCC4)C4=NCCN2N34)CC1. The Hall–Kier alpha value is -1.93. The van der Waals surface area contributed by atoms with E-state index in [1.165, 1.54) is 24.1 Å². The molecule has 0 aromatic carbocycles. The van der Waals surface area contributed by atoms with Crippen LogP contribution in [0.2, 0.25) is 0 Å². The van der Waals surface area contributed by atoms with Crippen LogP contribution in [-0.4, -0.2) is 95.1 Å². The maximum atomic E-state index is 9.13. The molecule has 0 saturated carbocycles. The minimum absolute atomic E-state index is 0.231. The molecule has 0 atom stereocenters. The molecule has 4 heterocycles. The zero-order valence-corrected chi connectivity index (χ0v) is 14.6. The summed E-state index contributed by atoms with van der Waals surface area (Å²) in [5, 5.41) is 13.5. The third-order valence-corrected chi connectivity index (χ3v) is 5.65. The Bertz CT molecular complexity index is 687. The summed E-state index contributed by atoms with van der Waals surface area (Å²) in [6.07, 6.45) is 4.59. The Balaban J connectivity index is 1.42. The molecule has 134 valence electrons. The lowest BCUT2D eigenvalue weighted by atomic mass is 9.94. The van der Waals surface area contributed by atoms with Crippen molar-refractivity contribution >= 4 is 17.8 Å². The number of aliphatic hydroxyl groups excluding tert-OH is 1. The molecule has 1 saturated heterocycles. The average Bonchev–Trinajstić information content (AvgIpc) is 3.03. The van der Waals surface area contributed by atoms with Gasteiger partial charge in [0, 0.05) is 38.3 Å². The van der Waals surface area contributed by atoms with E-state index in [4.69, 9.17) is 20.1 Å². The molecule has 1 N–H and O–H groups in total. The van der Waals surface area contributed by atoms with E-state index >= 15 is 0 Å². The molecule has 0 radical (unpaired) electrons. The summed E-state index contributed by atoms with van der Waals surface area (Å²) in [7, 11) is 0. The van der Waals surface area contributed by atoms with Gasteiger partial charge in [-0.1, -0.05) is 0 Å². The second kappa shape index (κ2) is 6.10. The van der Waals surface area contributed by atoms with E-state index in [9.17, 15) is 0 Å². The van der Waals surface area contributed by atoms with Crippen molar-refractivity contribution in [2.24, 2.45) is 15.0 Å². The van der Waals surface area contributed by atoms with Gasteiger partial charge >= 0.3 is 0 Å². The van der Waals surface area contributed by atoms with E-state index in [-0.39, 0.29) is 6.61 Å². The van der Waals surface area contributed by atoms with E-state index in [1.54, 1.807) is 0 Å². The minimum atomic E-state index is 0.231. The van der Waals surface area contributed by atoms with Crippen molar-refractivity contribution in [3.8, 4) is 0 Å². The van der Waals surface area contributed by atoms with Gasteiger partial charge in [-0.2, -0.15) is 10.0 Å². The molecule has 0 spiro atoms. The second-order valence-corrected chi connectivity index (χ2v) is 7.15. The van der Waals surface area contributed by atoms with E-state index in [0.29, 0.717) is 0 Å². The first-order valence-corrected chi connectivity index (χ1v) is 9.45. The second-order valence-electron chi connectivity index (χ2n) is 7.15. The van der Waals surface area contributed by atoms with Crippen LogP contribution >= 0.6 is 0 Å². The van der Waals surface area contributed by atoms with Gasteiger partial charge in [-0.15, -0.1) is 0 Å².